The van der Waals surface area contributed by atoms with E-state index in [2.05, 4.69) is 12.2 Å². The molecule has 2 heterocycles. The maximum atomic E-state index is 11.8. The summed E-state index contributed by atoms with van der Waals surface area (Å²) in [4.78, 5) is 37.3. The summed E-state index contributed by atoms with van der Waals surface area (Å²) in [5.41, 5.74) is 0. The maximum Gasteiger partial charge on any atom is 0.317 e. The van der Waals surface area contributed by atoms with Gasteiger partial charge < -0.3 is 10.2 Å². The zero-order valence-corrected chi connectivity index (χ0v) is 11.1. The van der Waals surface area contributed by atoms with Crippen molar-refractivity contribution in [3.8, 4) is 0 Å². The Bertz CT molecular complexity index is 401. The molecule has 0 aromatic heterocycles. The zero-order chi connectivity index (χ0) is 13.8. The van der Waals surface area contributed by atoms with Crippen molar-refractivity contribution in [1.29, 1.82) is 0 Å². The lowest BCUT2D eigenvalue weighted by molar-refractivity contribution is -0.136. The molecular formula is C13H19N3O3. The van der Waals surface area contributed by atoms with E-state index in [1.807, 2.05) is 0 Å². The minimum atomic E-state index is -0.273. The van der Waals surface area contributed by atoms with Crippen LogP contribution < -0.4 is 5.32 Å². The number of hydrogen-bond acceptors (Lipinski definition) is 3. The molecule has 1 N–H and O–H groups in total. The number of nitrogens with zero attached hydrogens (tertiary/aromatic N) is 2. The molecule has 19 heavy (non-hydrogen) atoms. The summed E-state index contributed by atoms with van der Waals surface area (Å²) in [7, 11) is 0. The highest BCUT2D eigenvalue weighted by Gasteiger charge is 2.24. The van der Waals surface area contributed by atoms with E-state index in [1.54, 1.807) is 4.90 Å². The Balaban J connectivity index is 1.63. The second-order valence-electron chi connectivity index (χ2n) is 5.09. The summed E-state index contributed by atoms with van der Waals surface area (Å²) in [5.74, 6) is 0.0195. The van der Waals surface area contributed by atoms with Gasteiger partial charge in [0.1, 0.15) is 0 Å². The molecule has 4 amide bonds. The minimum Gasteiger partial charge on any atom is -0.338 e. The molecule has 0 aromatic rings. The molecule has 1 fully saturated rings. The van der Waals surface area contributed by atoms with Crippen LogP contribution in [0, 0.1) is 5.92 Å². The monoisotopic (exact) mass is 265 g/mol. The molecule has 0 aromatic carbocycles. The number of likely N-dealkylation sites (tertiary alicyclic amines) is 1. The van der Waals surface area contributed by atoms with Crippen molar-refractivity contribution in [2.75, 3.05) is 26.2 Å². The molecule has 0 aliphatic carbocycles. The Hall–Kier alpha value is -1.85. The van der Waals surface area contributed by atoms with Crippen LogP contribution in [-0.4, -0.2) is 53.8 Å². The van der Waals surface area contributed by atoms with Crippen molar-refractivity contribution in [2.45, 2.75) is 19.8 Å². The van der Waals surface area contributed by atoms with Crippen molar-refractivity contribution in [3.63, 3.8) is 0 Å². The lowest BCUT2D eigenvalue weighted by Crippen LogP contribution is -2.40. The number of urea groups is 1. The van der Waals surface area contributed by atoms with Crippen LogP contribution in [0.1, 0.15) is 19.8 Å². The first-order valence-electron chi connectivity index (χ1n) is 6.64. The Morgan fingerprint density at radius 1 is 1.37 bits per heavy atom. The molecule has 1 atom stereocenters. The molecular weight excluding hydrogens is 246 g/mol. The van der Waals surface area contributed by atoms with E-state index in [9.17, 15) is 14.4 Å². The van der Waals surface area contributed by atoms with Gasteiger partial charge in [0.2, 0.25) is 0 Å². The third-order valence-corrected chi connectivity index (χ3v) is 3.45. The molecule has 104 valence electrons. The van der Waals surface area contributed by atoms with Crippen molar-refractivity contribution >= 4 is 17.8 Å². The average molecular weight is 265 g/mol. The van der Waals surface area contributed by atoms with Crippen LogP contribution in [0.3, 0.4) is 0 Å². The van der Waals surface area contributed by atoms with E-state index in [0.717, 1.165) is 19.5 Å². The van der Waals surface area contributed by atoms with Crippen LogP contribution in [0.25, 0.3) is 0 Å². The summed E-state index contributed by atoms with van der Waals surface area (Å²) < 4.78 is 0. The van der Waals surface area contributed by atoms with Gasteiger partial charge in [-0.15, -0.1) is 0 Å². The molecule has 0 saturated carbocycles. The second kappa shape index (κ2) is 5.86. The Labute approximate surface area is 112 Å². The van der Waals surface area contributed by atoms with Gasteiger partial charge >= 0.3 is 6.03 Å². The molecule has 6 heteroatoms. The van der Waals surface area contributed by atoms with Crippen LogP contribution in [0.2, 0.25) is 0 Å². The highest BCUT2D eigenvalue weighted by Crippen LogP contribution is 2.14. The minimum absolute atomic E-state index is 0.0541. The van der Waals surface area contributed by atoms with Crippen LogP contribution in [0.15, 0.2) is 12.2 Å². The van der Waals surface area contributed by atoms with Gasteiger partial charge in [0.25, 0.3) is 11.8 Å². The number of imide groups is 1. The lowest BCUT2D eigenvalue weighted by Gasteiger charge is -2.18. The van der Waals surface area contributed by atoms with Gasteiger partial charge in [0.05, 0.1) is 0 Å². The first kappa shape index (κ1) is 13.6. The summed E-state index contributed by atoms with van der Waals surface area (Å²) in [6.07, 6.45) is 4.17. The van der Waals surface area contributed by atoms with Gasteiger partial charge in [-0.05, 0) is 18.8 Å². The van der Waals surface area contributed by atoms with E-state index in [1.165, 1.54) is 17.1 Å². The van der Waals surface area contributed by atoms with Gasteiger partial charge in [-0.25, -0.2) is 4.79 Å². The van der Waals surface area contributed by atoms with Gasteiger partial charge in [-0.3, -0.25) is 14.5 Å². The third-order valence-electron chi connectivity index (χ3n) is 3.45. The topological polar surface area (TPSA) is 69.7 Å². The maximum absolute atomic E-state index is 11.8. The number of carbonyl (C=O) groups is 3. The van der Waals surface area contributed by atoms with Crippen molar-refractivity contribution in [1.82, 2.24) is 15.1 Å². The fraction of sp³-hybridized carbons (Fsp3) is 0.615. The molecule has 2 aliphatic rings. The van der Waals surface area contributed by atoms with Crippen molar-refractivity contribution in [2.24, 2.45) is 5.92 Å². The number of nitrogens with one attached hydrogen (secondary N) is 1. The first-order valence-corrected chi connectivity index (χ1v) is 6.64. The fourth-order valence-electron chi connectivity index (χ4n) is 2.32. The molecule has 1 saturated heterocycles. The number of amides is 4. The van der Waals surface area contributed by atoms with Gasteiger partial charge in [-0.2, -0.15) is 0 Å². The van der Waals surface area contributed by atoms with Gasteiger partial charge in [-0.1, -0.05) is 6.92 Å². The Morgan fingerprint density at radius 3 is 2.63 bits per heavy atom. The molecule has 0 bridgehead atoms. The third kappa shape index (κ3) is 3.33. The van der Waals surface area contributed by atoms with E-state index in [-0.39, 0.29) is 17.8 Å². The van der Waals surface area contributed by atoms with E-state index in [0.29, 0.717) is 25.4 Å². The highest BCUT2D eigenvalue weighted by atomic mass is 16.2. The van der Waals surface area contributed by atoms with E-state index >= 15 is 0 Å². The fourth-order valence-corrected chi connectivity index (χ4v) is 2.32. The van der Waals surface area contributed by atoms with E-state index < -0.39 is 0 Å². The van der Waals surface area contributed by atoms with Gasteiger partial charge in [0, 0.05) is 38.3 Å². The second-order valence-corrected chi connectivity index (χ2v) is 5.09. The predicted molar refractivity (Wildman–Crippen MR) is 69.2 cm³/mol. The summed E-state index contributed by atoms with van der Waals surface area (Å²) >= 11 is 0. The molecule has 0 unspecified atom stereocenters. The van der Waals surface area contributed by atoms with Gasteiger partial charge in [0.15, 0.2) is 0 Å². The molecule has 6 nitrogen and oxygen atoms in total. The lowest BCUT2D eigenvalue weighted by atomic mass is 10.2. The standard InChI is InChI=1S/C13H19N3O3/c1-10-5-8-15(9-10)13(19)14-6-2-7-16-11(17)3-4-12(16)18/h3-4,10H,2,5-9H2,1H3,(H,14,19)/t10-/m0/s1. The summed E-state index contributed by atoms with van der Waals surface area (Å²) in [5, 5.41) is 2.82. The molecule has 0 spiro atoms. The average Bonchev–Trinajstić information content (AvgIpc) is 2.94. The van der Waals surface area contributed by atoms with E-state index in [4.69, 9.17) is 0 Å². The van der Waals surface area contributed by atoms with Crippen LogP contribution >= 0.6 is 0 Å². The zero-order valence-electron chi connectivity index (χ0n) is 11.1. The number of carbonyl (C=O) groups excluding carboxylic acids is 3. The number of hydrogen-bond donors (Lipinski definition) is 1. The highest BCUT2D eigenvalue weighted by molar-refractivity contribution is 6.12. The van der Waals surface area contributed by atoms with Crippen LogP contribution in [0.5, 0.6) is 0 Å². The molecule has 0 radical (unpaired) electrons. The van der Waals surface area contributed by atoms with Crippen LogP contribution in [0.4, 0.5) is 4.79 Å². The largest absolute Gasteiger partial charge is 0.338 e. The SMILES string of the molecule is C[C@H]1CCN(C(=O)NCCCN2C(=O)C=CC2=O)C1. The summed E-state index contributed by atoms with van der Waals surface area (Å²) in [6.45, 7) is 4.56. The smallest absolute Gasteiger partial charge is 0.317 e. The predicted octanol–water partition coefficient (Wildman–Crippen LogP) is 0.353. The normalized spacial score (nSPS) is 22.5. The molecule has 2 rings (SSSR count). The van der Waals surface area contributed by atoms with Crippen LogP contribution in [-0.2, 0) is 9.59 Å². The Kier molecular flexibility index (Phi) is 4.19. The number of rotatable bonds is 4. The van der Waals surface area contributed by atoms with Crippen molar-refractivity contribution < 1.29 is 14.4 Å². The summed E-state index contributed by atoms with van der Waals surface area (Å²) in [6, 6.07) is -0.0541. The molecule has 2 aliphatic heterocycles. The quantitative estimate of drug-likeness (QED) is 0.589. The van der Waals surface area contributed by atoms with Crippen molar-refractivity contribution in [3.05, 3.63) is 12.2 Å². The Morgan fingerprint density at radius 2 is 2.05 bits per heavy atom. The first-order chi connectivity index (χ1) is 9.08.